The number of nitrogen functional groups attached to an aromatic ring is 2. The van der Waals surface area contributed by atoms with Crippen molar-refractivity contribution in [2.45, 2.75) is 82.1 Å². The van der Waals surface area contributed by atoms with E-state index in [0.29, 0.717) is 61.5 Å². The molecule has 11 N–H and O–H groups in total. The number of hydrogen-bond donors (Lipinski definition) is 8. The van der Waals surface area contributed by atoms with Gasteiger partial charge in [-0.25, -0.2) is 15.0 Å². The summed E-state index contributed by atoms with van der Waals surface area (Å²) >= 11 is 19.0. The first kappa shape index (κ1) is 108. The van der Waals surface area contributed by atoms with E-state index in [2.05, 4.69) is 58.2 Å². The fourth-order valence-corrected chi connectivity index (χ4v) is 9.83. The largest absolute Gasteiger partial charge is 1.00 e. The third kappa shape index (κ3) is 44.9. The monoisotopic (exact) mass is 1680 g/mol. The molecule has 0 fully saturated rings. The number of anilines is 10. The summed E-state index contributed by atoms with van der Waals surface area (Å²) < 4.78 is 0. The van der Waals surface area contributed by atoms with Gasteiger partial charge in [0.2, 0.25) is 5.91 Å². The number of Topliss-reactive ketones (excluding diaryl/α,β-unsaturated/α-hetero) is 2. The number of alkyl halides is 1. The van der Waals surface area contributed by atoms with E-state index in [1.807, 2.05) is 73.3 Å². The predicted octanol–water partition coefficient (Wildman–Crippen LogP) is 3.66. The summed E-state index contributed by atoms with van der Waals surface area (Å²) in [5.41, 5.74) is 26.9. The number of nitro benzene ring substituents is 4. The second-order valence-corrected chi connectivity index (χ2v) is 24.4. The number of amides is 1. The van der Waals surface area contributed by atoms with Crippen LogP contribution >= 0.6 is 70.0 Å². The molecule has 0 atom stereocenters. The Balaban J connectivity index is -0.000000384. The number of thiazole rings is 3. The van der Waals surface area contributed by atoms with Crippen molar-refractivity contribution in [2.75, 3.05) is 50.6 Å². The Labute approximate surface area is 778 Å². The van der Waals surface area contributed by atoms with Crippen LogP contribution in [0.4, 0.5) is 78.0 Å². The summed E-state index contributed by atoms with van der Waals surface area (Å²) in [6.45, 7) is 16.7. The Morgan fingerprint density at radius 2 is 0.926 bits per heavy atom. The fourth-order valence-electron chi connectivity index (χ4n) is 7.59. The van der Waals surface area contributed by atoms with E-state index >= 15 is 0 Å². The van der Waals surface area contributed by atoms with E-state index in [1.165, 1.54) is 60.8 Å². The summed E-state index contributed by atoms with van der Waals surface area (Å²) in [7, 11) is 1.00. The number of ketones is 2. The number of halogens is 1. The molecule has 6 aromatic carbocycles. The number of nitrogens with two attached hydrogens (primary N) is 3. The van der Waals surface area contributed by atoms with Gasteiger partial charge in [0.15, 0.2) is 20.5 Å². The molecular formula is C66H77ClK3N15O18S5. The van der Waals surface area contributed by atoms with E-state index in [9.17, 15) is 54.8 Å². The molecule has 0 bridgehead atoms. The van der Waals surface area contributed by atoms with Crippen LogP contribution in [0, 0.1) is 82.0 Å². The van der Waals surface area contributed by atoms with Crippen LogP contribution in [0.5, 0.6) is 0 Å². The van der Waals surface area contributed by atoms with Crippen LogP contribution in [0.1, 0.15) is 74.5 Å². The second-order valence-electron chi connectivity index (χ2n) is 20.3. The maximum absolute atomic E-state index is 11.9. The predicted molar refractivity (Wildman–Crippen MR) is 415 cm³/mol. The molecule has 0 aliphatic carbocycles. The van der Waals surface area contributed by atoms with Crippen molar-refractivity contribution >= 4 is 189 Å². The zero-order chi connectivity index (χ0) is 79.9. The SMILES string of the molecule is CC(=O)CC(=S)Nc1ccc(C)c([N+](=O)[O-])c1.CC(=O)Cc1cc(N(C(C)=O)c2nccs2)ccc1C.CCCl.CO.Cc1ccc(N)cc1[N+](=O)[O-].Cc1ccc(NC(N)=S)cc1[N+](=O)[O-].Cc1ccc(Nc2nccs2)cc1N.Cc1ccc(Nc2nccs2)cc1[N+](=O)[O-].O=CO[O-].O=CO[O-].[H-].[K+].[K+].[K+]. The molecule has 9 rings (SSSR count). The number of aliphatic hydroxyl groups is 1. The third-order valence-electron chi connectivity index (χ3n) is 12.3. The normalized spacial score (nSPS) is 9.06. The number of nitrogens with zero attached hydrogens (tertiary/aromatic N) is 8. The minimum atomic E-state index is -0.450. The number of benzene rings is 6. The van der Waals surface area contributed by atoms with Gasteiger partial charge in [-0.2, -0.15) is 0 Å². The van der Waals surface area contributed by atoms with E-state index in [4.69, 9.17) is 66.2 Å². The van der Waals surface area contributed by atoms with E-state index in [1.54, 1.807) is 118 Å². The topological polar surface area (TPSA) is 511 Å². The first-order valence-electron chi connectivity index (χ1n) is 29.7. The molecule has 3 aromatic heterocycles. The number of aromatic nitrogens is 3. The number of thiocarbonyl (C=S) groups is 2. The molecule has 33 nitrogen and oxygen atoms in total. The van der Waals surface area contributed by atoms with Crippen molar-refractivity contribution in [1.82, 2.24) is 15.0 Å². The molecule has 108 heavy (non-hydrogen) atoms. The van der Waals surface area contributed by atoms with Crippen molar-refractivity contribution in [2.24, 2.45) is 5.73 Å². The first-order chi connectivity index (χ1) is 49.7. The van der Waals surface area contributed by atoms with Gasteiger partial charge in [-0.3, -0.25) is 69.3 Å². The van der Waals surface area contributed by atoms with Gasteiger partial charge in [-0.1, -0.05) is 55.5 Å². The number of aryl methyl sites for hydroxylation is 6. The van der Waals surface area contributed by atoms with E-state index in [0.717, 1.165) is 57.0 Å². The van der Waals surface area contributed by atoms with Crippen molar-refractivity contribution in [1.29, 1.82) is 0 Å². The van der Waals surface area contributed by atoms with E-state index in [-0.39, 0.29) is 225 Å². The van der Waals surface area contributed by atoms with Crippen molar-refractivity contribution in [3.63, 3.8) is 0 Å². The number of carbonyl (C=O) groups excluding carboxylic acids is 5. The quantitative estimate of drug-likeness (QED) is 0.00888. The zero-order valence-electron chi connectivity index (χ0n) is 62.2. The first-order valence-corrected chi connectivity index (χ1v) is 33.7. The van der Waals surface area contributed by atoms with Gasteiger partial charge in [0.05, 0.1) is 36.8 Å². The average Bonchev–Trinajstić information content (AvgIpc) is 1.81. The minimum absolute atomic E-state index is 0. The van der Waals surface area contributed by atoms with Gasteiger partial charge in [0.25, 0.3) is 35.7 Å². The van der Waals surface area contributed by atoms with Crippen LogP contribution in [0.15, 0.2) is 144 Å². The van der Waals surface area contributed by atoms with Gasteiger partial charge < -0.3 is 65.3 Å². The molecule has 0 spiro atoms. The molecule has 9 aromatic rings. The third-order valence-corrected chi connectivity index (χ3v) is 14.8. The van der Waals surface area contributed by atoms with E-state index < -0.39 is 14.8 Å². The van der Waals surface area contributed by atoms with Gasteiger partial charge in [0, 0.05) is 142 Å². The van der Waals surface area contributed by atoms with Crippen molar-refractivity contribution < 1.29 is 225 Å². The number of rotatable bonds is 18. The van der Waals surface area contributed by atoms with Crippen molar-refractivity contribution in [3.8, 4) is 0 Å². The molecule has 0 saturated carbocycles. The van der Waals surface area contributed by atoms with Crippen molar-refractivity contribution in [3.05, 3.63) is 223 Å². The number of aliphatic hydroxyl groups excluding tert-OH is 1. The number of nitro groups is 4. The molecule has 3 heterocycles. The summed E-state index contributed by atoms with van der Waals surface area (Å²) in [4.78, 5) is 111. The molecule has 0 aliphatic rings. The maximum atomic E-state index is 11.9. The molecule has 0 saturated heterocycles. The standard InChI is InChI=1S/C15H16N2O2S.C11H12N2O3S.C10H9N3O2S.C10H11N3S.C8H9N3O2S.C7H8N2O2.C2H5Cl.2CH2O3.CH4O.3K.H/c1-10-4-5-14(9-13(10)8-11(2)18)17(12(3)19)15-16-6-7-20-15;1-7-3-4-9(6-10(7)13(15)16)12-11(17)5-8(2)14;1-7-2-3-8(6-9(7)13(14)15)12-10-11-4-5-16-10;1-7-2-3-8(6-9(7)11)13-10-12-4-5-14-10;1-5-2-3-6(10-8(9)14)4-7(5)11(12)13;1-5-2-3-6(8)4-7(5)9(10)11;1-2-3;2*2-1-4-3;1-2;;;;/h4-7,9H,8H2,1-3H3;3-4,6H,5H2,1-2H3,(H,12,17);2-6H,1H3,(H,11,12);2-6H,11H2,1H3,(H,12,13);2-4H,1H3,(H3,9,10,14);2-4H,8H2,1H3;2H2,1H3;2*1,3H;2H,1H3;;;;/q;;;;;;;;;;3*+1;-1/p-2. The molecule has 564 valence electrons. The molecule has 42 heteroatoms. The van der Waals surface area contributed by atoms with Crippen LogP contribution in [0.25, 0.3) is 0 Å². The molecule has 0 aliphatic heterocycles. The average molecular weight is 1680 g/mol. The van der Waals surface area contributed by atoms with Gasteiger partial charge in [-0.15, -0.1) is 45.6 Å². The Morgan fingerprint density at radius 3 is 1.27 bits per heavy atom. The van der Waals surface area contributed by atoms with Gasteiger partial charge in [0.1, 0.15) is 11.6 Å². The van der Waals surface area contributed by atoms with Crippen LogP contribution < -0.4 is 208 Å². The van der Waals surface area contributed by atoms with Crippen LogP contribution in [0.2, 0.25) is 0 Å². The summed E-state index contributed by atoms with van der Waals surface area (Å²) in [5, 5.41) is 85.8. The molecular weight excluding hydrogens is 1600 g/mol. The van der Waals surface area contributed by atoms with Gasteiger partial charge in [-0.05, 0) is 133 Å². The number of nitrogens with one attached hydrogen (secondary N) is 4. The fraction of sp³-hybridized carbons (Fsp3) is 0.212. The minimum Gasteiger partial charge on any atom is -1.00 e. The molecule has 0 unspecified atom stereocenters. The van der Waals surface area contributed by atoms with Crippen LogP contribution in [0.3, 0.4) is 0 Å². The second kappa shape index (κ2) is 61.1. The number of hydrogen-bond acceptors (Lipinski definition) is 30. The van der Waals surface area contributed by atoms with Gasteiger partial charge >= 0.3 is 154 Å². The van der Waals surface area contributed by atoms with Crippen LogP contribution in [-0.4, -0.2) is 93.3 Å². The summed E-state index contributed by atoms with van der Waals surface area (Å²) in [6.07, 6.45) is 5.63. The molecule has 0 radical (unpaired) electrons. The Hall–Kier alpha value is -6.58. The summed E-state index contributed by atoms with van der Waals surface area (Å²) in [5.74, 6) is 0.676. The Morgan fingerprint density at radius 1 is 0.565 bits per heavy atom. The number of carbonyl (C=O) groups is 5. The summed E-state index contributed by atoms with van der Waals surface area (Å²) in [6, 6.07) is 30.7. The Bertz CT molecular complexity index is 4300. The smallest absolute Gasteiger partial charge is 1.00 e. The maximum Gasteiger partial charge on any atom is 1.00 e. The van der Waals surface area contributed by atoms with Crippen LogP contribution in [-0.2, 0) is 40.2 Å². The Kier molecular flexibility index (Phi) is 61.0. The molecule has 1 amide bonds. The zero-order valence-corrected chi connectivity index (χ0v) is 75.5.